The highest BCUT2D eigenvalue weighted by Gasteiger charge is 2.13. The average molecular weight is 352 g/mol. The Balaban J connectivity index is 2.17. The highest BCUT2D eigenvalue weighted by atomic mass is 79.9. The molecule has 0 spiro atoms. The van der Waals surface area contributed by atoms with Crippen molar-refractivity contribution in [2.75, 3.05) is 4.72 Å². The molecule has 7 heteroatoms. The van der Waals surface area contributed by atoms with Gasteiger partial charge < -0.3 is 0 Å². The summed E-state index contributed by atoms with van der Waals surface area (Å²) in [4.78, 5) is 4.01. The molecule has 1 heterocycles. The fourth-order valence-corrected chi connectivity index (χ4v) is 3.08. The third kappa shape index (κ3) is 4.05. The highest BCUT2D eigenvalue weighted by molar-refractivity contribution is 9.10. The number of hydrogen-bond acceptors (Lipinski definition) is 4. The number of pyridine rings is 1. The number of nitriles is 1. The molecule has 1 aromatic carbocycles. The summed E-state index contributed by atoms with van der Waals surface area (Å²) in [6, 6.07) is 13.4. The number of hydrogen-bond donors (Lipinski definition) is 1. The molecule has 0 aliphatic rings. The number of anilines is 1. The summed E-state index contributed by atoms with van der Waals surface area (Å²) in [7, 11) is -3.57. The Morgan fingerprint density at radius 1 is 1.25 bits per heavy atom. The van der Waals surface area contributed by atoms with Gasteiger partial charge in [0.2, 0.25) is 10.0 Å². The van der Waals surface area contributed by atoms with E-state index in [0.717, 1.165) is 0 Å². The first-order valence-corrected chi connectivity index (χ1v) is 8.05. The third-order valence-electron chi connectivity index (χ3n) is 2.39. The molecular weight excluding hydrogens is 342 g/mol. The minimum atomic E-state index is -3.57. The first kappa shape index (κ1) is 14.5. The molecule has 0 aliphatic carbocycles. The zero-order chi connectivity index (χ0) is 14.6. The van der Waals surface area contributed by atoms with Crippen LogP contribution in [0.5, 0.6) is 0 Å². The minimum absolute atomic E-state index is 0.212. The zero-order valence-electron chi connectivity index (χ0n) is 10.2. The number of benzene rings is 1. The van der Waals surface area contributed by atoms with Gasteiger partial charge in [0.1, 0.15) is 10.4 Å². The van der Waals surface area contributed by atoms with Crippen LogP contribution in [0.4, 0.5) is 5.82 Å². The predicted molar refractivity (Wildman–Crippen MR) is 79.3 cm³/mol. The van der Waals surface area contributed by atoms with E-state index < -0.39 is 10.0 Å². The predicted octanol–water partition coefficient (Wildman–Crippen LogP) is 2.66. The fraction of sp³-hybridized carbons (Fsp3) is 0.0769. The maximum Gasteiger partial charge on any atom is 0.238 e. The van der Waals surface area contributed by atoms with Crippen LogP contribution >= 0.6 is 15.9 Å². The van der Waals surface area contributed by atoms with E-state index in [2.05, 4.69) is 25.6 Å². The molecule has 2 rings (SSSR count). The monoisotopic (exact) mass is 351 g/mol. The van der Waals surface area contributed by atoms with Crippen LogP contribution in [0.2, 0.25) is 0 Å². The SMILES string of the molecule is N#Cc1cccc(CS(=O)(=O)Nc2cccc(Br)n2)c1. The third-order valence-corrected chi connectivity index (χ3v) is 4.06. The van der Waals surface area contributed by atoms with E-state index in [9.17, 15) is 8.42 Å². The Kier molecular flexibility index (Phi) is 4.37. The lowest BCUT2D eigenvalue weighted by Gasteiger charge is -2.07. The van der Waals surface area contributed by atoms with E-state index in [1.54, 1.807) is 42.5 Å². The van der Waals surface area contributed by atoms with Gasteiger partial charge in [0.15, 0.2) is 0 Å². The van der Waals surface area contributed by atoms with Crippen LogP contribution in [0, 0.1) is 11.3 Å². The summed E-state index contributed by atoms with van der Waals surface area (Å²) in [5.74, 6) is 0.0345. The first-order valence-electron chi connectivity index (χ1n) is 5.60. The Morgan fingerprint density at radius 3 is 2.70 bits per heavy atom. The van der Waals surface area contributed by atoms with Crippen LogP contribution < -0.4 is 4.72 Å². The van der Waals surface area contributed by atoms with Crippen molar-refractivity contribution in [3.05, 3.63) is 58.2 Å². The molecular formula is C13H10BrN3O2S. The van der Waals surface area contributed by atoms with Gasteiger partial charge in [-0.25, -0.2) is 13.4 Å². The molecule has 0 unspecified atom stereocenters. The topological polar surface area (TPSA) is 82.8 Å². The van der Waals surface area contributed by atoms with Crippen molar-refractivity contribution < 1.29 is 8.42 Å². The lowest BCUT2D eigenvalue weighted by atomic mass is 10.2. The van der Waals surface area contributed by atoms with Crippen LogP contribution in [-0.4, -0.2) is 13.4 Å². The van der Waals surface area contributed by atoms with Crippen LogP contribution in [0.1, 0.15) is 11.1 Å². The summed E-state index contributed by atoms with van der Waals surface area (Å²) < 4.78 is 27.0. The van der Waals surface area contributed by atoms with E-state index in [-0.39, 0.29) is 11.6 Å². The quantitative estimate of drug-likeness (QED) is 0.858. The molecule has 0 amide bonds. The van der Waals surface area contributed by atoms with Crippen LogP contribution in [0.25, 0.3) is 0 Å². The molecule has 5 nitrogen and oxygen atoms in total. The van der Waals surface area contributed by atoms with Crippen molar-refractivity contribution in [2.45, 2.75) is 5.75 Å². The largest absolute Gasteiger partial charge is 0.267 e. The summed E-state index contributed by atoms with van der Waals surface area (Å²) in [5.41, 5.74) is 0.977. The Hall–Kier alpha value is -1.91. The first-order chi connectivity index (χ1) is 9.48. The van der Waals surface area contributed by atoms with Crippen molar-refractivity contribution in [3.63, 3.8) is 0 Å². The van der Waals surface area contributed by atoms with Crippen molar-refractivity contribution >= 4 is 31.8 Å². The fourth-order valence-electron chi connectivity index (χ4n) is 1.61. The number of sulfonamides is 1. The van der Waals surface area contributed by atoms with Crippen LogP contribution in [0.15, 0.2) is 47.1 Å². The number of rotatable bonds is 4. The highest BCUT2D eigenvalue weighted by Crippen LogP contribution is 2.14. The molecule has 1 aromatic heterocycles. The van der Waals surface area contributed by atoms with Gasteiger partial charge in [-0.05, 0) is 45.8 Å². The second-order valence-electron chi connectivity index (χ2n) is 4.02. The lowest BCUT2D eigenvalue weighted by molar-refractivity contribution is 0.600. The number of nitrogens with zero attached hydrogens (tertiary/aromatic N) is 2. The van der Waals surface area contributed by atoms with Gasteiger partial charge in [-0.3, -0.25) is 4.72 Å². The van der Waals surface area contributed by atoms with Crippen molar-refractivity contribution in [2.24, 2.45) is 0 Å². The van der Waals surface area contributed by atoms with Gasteiger partial charge in [-0.2, -0.15) is 5.26 Å². The smallest absolute Gasteiger partial charge is 0.238 e. The molecule has 0 bridgehead atoms. The van der Waals surface area contributed by atoms with Gasteiger partial charge in [0.05, 0.1) is 17.4 Å². The maximum absolute atomic E-state index is 12.0. The molecule has 0 aliphatic heterocycles. The van der Waals surface area contributed by atoms with Gasteiger partial charge >= 0.3 is 0 Å². The van der Waals surface area contributed by atoms with Crippen molar-refractivity contribution in [1.29, 1.82) is 5.26 Å². The molecule has 0 saturated carbocycles. The van der Waals surface area contributed by atoms with Crippen LogP contribution in [-0.2, 0) is 15.8 Å². The van der Waals surface area contributed by atoms with Gasteiger partial charge in [-0.15, -0.1) is 0 Å². The van der Waals surface area contributed by atoms with Crippen LogP contribution in [0.3, 0.4) is 0 Å². The average Bonchev–Trinajstić information content (AvgIpc) is 2.37. The van der Waals surface area contributed by atoms with E-state index >= 15 is 0 Å². The number of aromatic nitrogens is 1. The van der Waals surface area contributed by atoms with E-state index in [1.807, 2.05) is 6.07 Å². The normalized spacial score (nSPS) is 10.8. The Bertz CT molecular complexity index is 769. The lowest BCUT2D eigenvalue weighted by Crippen LogP contribution is -2.16. The summed E-state index contributed by atoms with van der Waals surface area (Å²) in [6.45, 7) is 0. The molecule has 0 atom stereocenters. The molecule has 102 valence electrons. The van der Waals surface area contributed by atoms with Crippen molar-refractivity contribution in [1.82, 2.24) is 4.98 Å². The van der Waals surface area contributed by atoms with Gasteiger partial charge in [-0.1, -0.05) is 18.2 Å². The number of nitrogens with one attached hydrogen (secondary N) is 1. The van der Waals surface area contributed by atoms with E-state index in [0.29, 0.717) is 15.7 Å². The molecule has 0 saturated heterocycles. The summed E-state index contributed by atoms with van der Waals surface area (Å²) in [5, 5.41) is 8.80. The maximum atomic E-state index is 12.0. The van der Waals surface area contributed by atoms with E-state index in [4.69, 9.17) is 5.26 Å². The Morgan fingerprint density at radius 2 is 2.00 bits per heavy atom. The molecule has 2 aromatic rings. The van der Waals surface area contributed by atoms with Crippen molar-refractivity contribution in [3.8, 4) is 6.07 Å². The minimum Gasteiger partial charge on any atom is -0.267 e. The zero-order valence-corrected chi connectivity index (χ0v) is 12.6. The molecule has 0 fully saturated rings. The number of halogens is 1. The molecule has 20 heavy (non-hydrogen) atoms. The summed E-state index contributed by atoms with van der Waals surface area (Å²) in [6.07, 6.45) is 0. The van der Waals surface area contributed by atoms with E-state index in [1.165, 1.54) is 0 Å². The van der Waals surface area contributed by atoms with Gasteiger partial charge in [0.25, 0.3) is 0 Å². The Labute approximate surface area is 125 Å². The second-order valence-corrected chi connectivity index (χ2v) is 6.55. The second kappa shape index (κ2) is 6.03. The summed E-state index contributed by atoms with van der Waals surface area (Å²) >= 11 is 3.17. The standard InChI is InChI=1S/C13H10BrN3O2S/c14-12-5-2-6-13(16-12)17-20(18,19)9-11-4-1-3-10(7-11)8-15/h1-7H,9H2,(H,16,17). The molecule has 0 radical (unpaired) electrons. The van der Waals surface area contributed by atoms with Gasteiger partial charge in [0, 0.05) is 0 Å². The molecule has 1 N–H and O–H groups in total.